The van der Waals surface area contributed by atoms with Crippen LogP contribution in [0.15, 0.2) is 12.1 Å². The van der Waals surface area contributed by atoms with E-state index in [-0.39, 0.29) is 22.4 Å². The minimum Gasteiger partial charge on any atom is -0.478 e. The monoisotopic (exact) mass is 311 g/mol. The van der Waals surface area contributed by atoms with E-state index in [0.29, 0.717) is 0 Å². The minimum absolute atomic E-state index is 0.00214. The topological polar surface area (TPSA) is 82.5 Å². The Bertz CT molecular complexity index is 544. The number of carboxylic acid groups (broad SMARTS) is 1. The van der Waals surface area contributed by atoms with Gasteiger partial charge in [-0.25, -0.2) is 9.78 Å². The Kier molecular flexibility index (Phi) is 5.01. The third kappa shape index (κ3) is 3.85. The Hall–Kier alpha value is -1.82. The summed E-state index contributed by atoms with van der Waals surface area (Å²) in [7, 11) is 0. The third-order valence-corrected chi connectivity index (χ3v) is 3.69. The average molecular weight is 312 g/mol. The number of piperidine rings is 1. The Morgan fingerprint density at radius 3 is 2.62 bits per heavy atom. The van der Waals surface area contributed by atoms with Crippen molar-refractivity contribution in [3.8, 4) is 0 Å². The number of carbonyl (C=O) groups excluding carboxylic acids is 1. The molecule has 0 spiro atoms. The fourth-order valence-corrected chi connectivity index (χ4v) is 2.52. The van der Waals surface area contributed by atoms with E-state index in [9.17, 15) is 9.59 Å². The van der Waals surface area contributed by atoms with Gasteiger partial charge in [0.2, 0.25) is 5.91 Å². The maximum atomic E-state index is 12.3. The summed E-state index contributed by atoms with van der Waals surface area (Å²) in [6.45, 7) is 3.20. The first-order chi connectivity index (χ1) is 9.99. The summed E-state index contributed by atoms with van der Waals surface area (Å²) in [5, 5.41) is 12.2. The van der Waals surface area contributed by atoms with E-state index >= 15 is 0 Å². The number of carbonyl (C=O) groups is 2. The quantitative estimate of drug-likeness (QED) is 0.833. The van der Waals surface area contributed by atoms with Gasteiger partial charge in [-0.1, -0.05) is 11.6 Å². The molecule has 1 amide bonds. The summed E-state index contributed by atoms with van der Waals surface area (Å²) >= 11 is 5.79. The smallest absolute Gasteiger partial charge is 0.339 e. The molecule has 21 heavy (non-hydrogen) atoms. The van der Waals surface area contributed by atoms with Crippen LogP contribution < -0.4 is 5.32 Å². The summed E-state index contributed by atoms with van der Waals surface area (Å²) in [4.78, 5) is 29.3. The van der Waals surface area contributed by atoms with Gasteiger partial charge in [0, 0.05) is 13.1 Å². The number of hydrogen-bond donors (Lipinski definition) is 2. The number of hydrogen-bond acceptors (Lipinski definition) is 4. The number of nitrogens with one attached hydrogen (secondary N) is 1. The van der Waals surface area contributed by atoms with E-state index in [4.69, 9.17) is 16.7 Å². The van der Waals surface area contributed by atoms with Crippen molar-refractivity contribution in [1.82, 2.24) is 9.88 Å². The number of aromatic carboxylic acids is 1. The predicted molar refractivity (Wildman–Crippen MR) is 79.7 cm³/mol. The lowest BCUT2D eigenvalue weighted by molar-refractivity contribution is -0.132. The maximum Gasteiger partial charge on any atom is 0.339 e. The predicted octanol–water partition coefficient (Wildman–Crippen LogP) is 2.25. The van der Waals surface area contributed by atoms with Crippen molar-refractivity contribution in [2.24, 2.45) is 0 Å². The van der Waals surface area contributed by atoms with Gasteiger partial charge in [0.25, 0.3) is 0 Å². The van der Waals surface area contributed by atoms with Crippen LogP contribution in [-0.4, -0.2) is 46.0 Å². The van der Waals surface area contributed by atoms with Crippen LogP contribution in [0.4, 0.5) is 5.82 Å². The van der Waals surface area contributed by atoms with Gasteiger partial charge in [0.15, 0.2) is 0 Å². The van der Waals surface area contributed by atoms with E-state index in [1.54, 1.807) is 11.8 Å². The van der Waals surface area contributed by atoms with Gasteiger partial charge in [-0.05, 0) is 38.3 Å². The highest BCUT2D eigenvalue weighted by atomic mass is 35.5. The van der Waals surface area contributed by atoms with E-state index in [1.165, 1.54) is 12.1 Å². The highest BCUT2D eigenvalue weighted by molar-refractivity contribution is 6.29. The van der Waals surface area contributed by atoms with Crippen LogP contribution in [0.1, 0.15) is 36.5 Å². The Morgan fingerprint density at radius 2 is 2.00 bits per heavy atom. The molecule has 0 saturated carbocycles. The second-order valence-electron chi connectivity index (χ2n) is 5.09. The third-order valence-electron chi connectivity index (χ3n) is 3.48. The van der Waals surface area contributed by atoms with Gasteiger partial charge >= 0.3 is 5.97 Å². The zero-order chi connectivity index (χ0) is 15.4. The first kappa shape index (κ1) is 15.6. The van der Waals surface area contributed by atoms with Crippen molar-refractivity contribution >= 4 is 29.3 Å². The molecule has 1 aromatic rings. The van der Waals surface area contributed by atoms with Crippen LogP contribution in [0.3, 0.4) is 0 Å². The molecule has 0 aliphatic carbocycles. The van der Waals surface area contributed by atoms with Gasteiger partial charge in [-0.2, -0.15) is 0 Å². The molecule has 1 aliphatic heterocycles. The standard InChI is InChI=1S/C14H18ClN3O3/c1-9(13(19)18-7-3-2-4-8-18)16-12-10(14(20)21)5-6-11(15)17-12/h5-6,9H,2-4,7-8H2,1H3,(H,16,17)(H,20,21). The largest absolute Gasteiger partial charge is 0.478 e. The van der Waals surface area contributed by atoms with Gasteiger partial charge in [-0.15, -0.1) is 0 Å². The molecule has 1 saturated heterocycles. The number of amides is 1. The van der Waals surface area contributed by atoms with Crippen molar-refractivity contribution in [2.75, 3.05) is 18.4 Å². The molecular weight excluding hydrogens is 294 g/mol. The van der Waals surface area contributed by atoms with Gasteiger partial charge in [0.1, 0.15) is 22.6 Å². The van der Waals surface area contributed by atoms with Crippen LogP contribution in [0.5, 0.6) is 0 Å². The number of pyridine rings is 1. The first-order valence-corrected chi connectivity index (χ1v) is 7.32. The van der Waals surface area contributed by atoms with Gasteiger partial charge in [0.05, 0.1) is 0 Å². The minimum atomic E-state index is -1.11. The number of anilines is 1. The molecule has 1 atom stereocenters. The summed E-state index contributed by atoms with van der Waals surface area (Å²) in [6, 6.07) is 2.23. The van der Waals surface area contributed by atoms with Gasteiger partial charge in [-0.3, -0.25) is 4.79 Å². The molecule has 114 valence electrons. The fraction of sp³-hybridized carbons (Fsp3) is 0.500. The van der Waals surface area contributed by atoms with Crippen LogP contribution in [-0.2, 0) is 4.79 Å². The number of likely N-dealkylation sites (tertiary alicyclic amines) is 1. The molecule has 1 fully saturated rings. The van der Waals surface area contributed by atoms with E-state index in [1.807, 2.05) is 0 Å². The van der Waals surface area contributed by atoms with E-state index in [2.05, 4.69) is 10.3 Å². The number of aromatic nitrogens is 1. The molecular formula is C14H18ClN3O3. The van der Waals surface area contributed by atoms with Crippen molar-refractivity contribution in [2.45, 2.75) is 32.2 Å². The molecule has 2 N–H and O–H groups in total. The lowest BCUT2D eigenvalue weighted by atomic mass is 10.1. The SMILES string of the molecule is CC(Nc1nc(Cl)ccc1C(=O)O)C(=O)N1CCCCC1. The summed E-state index contributed by atoms with van der Waals surface area (Å²) in [5.74, 6) is -1.04. The lowest BCUT2D eigenvalue weighted by Crippen LogP contribution is -2.44. The molecule has 1 unspecified atom stereocenters. The van der Waals surface area contributed by atoms with Crippen LogP contribution in [0.25, 0.3) is 0 Å². The van der Waals surface area contributed by atoms with Gasteiger partial charge < -0.3 is 15.3 Å². The lowest BCUT2D eigenvalue weighted by Gasteiger charge is -2.29. The second kappa shape index (κ2) is 6.76. The molecule has 0 bridgehead atoms. The summed E-state index contributed by atoms with van der Waals surface area (Å²) in [5.41, 5.74) is -0.00214. The number of nitrogens with zero attached hydrogens (tertiary/aromatic N) is 2. The molecule has 0 aromatic carbocycles. The van der Waals surface area contributed by atoms with Crippen molar-refractivity contribution in [3.05, 3.63) is 22.8 Å². The Balaban J connectivity index is 2.11. The number of rotatable bonds is 4. The summed E-state index contributed by atoms with van der Waals surface area (Å²) < 4.78 is 0. The van der Waals surface area contributed by atoms with E-state index < -0.39 is 12.0 Å². The van der Waals surface area contributed by atoms with Crippen LogP contribution in [0.2, 0.25) is 5.15 Å². The number of carboxylic acids is 1. The highest BCUT2D eigenvalue weighted by Crippen LogP contribution is 2.18. The molecule has 2 rings (SSSR count). The van der Waals surface area contributed by atoms with Crippen molar-refractivity contribution in [1.29, 1.82) is 0 Å². The van der Waals surface area contributed by atoms with E-state index in [0.717, 1.165) is 32.4 Å². The molecule has 7 heteroatoms. The maximum absolute atomic E-state index is 12.3. The molecule has 6 nitrogen and oxygen atoms in total. The Labute approximate surface area is 128 Å². The molecule has 0 radical (unpaired) electrons. The molecule has 2 heterocycles. The normalized spacial score (nSPS) is 16.4. The highest BCUT2D eigenvalue weighted by Gasteiger charge is 2.24. The fourth-order valence-electron chi connectivity index (χ4n) is 2.37. The first-order valence-electron chi connectivity index (χ1n) is 6.94. The second-order valence-corrected chi connectivity index (χ2v) is 5.47. The van der Waals surface area contributed by atoms with Crippen molar-refractivity contribution < 1.29 is 14.7 Å². The van der Waals surface area contributed by atoms with Crippen LogP contribution in [0, 0.1) is 0 Å². The molecule has 1 aliphatic rings. The van der Waals surface area contributed by atoms with Crippen molar-refractivity contribution in [3.63, 3.8) is 0 Å². The number of halogens is 1. The Morgan fingerprint density at radius 1 is 1.33 bits per heavy atom. The zero-order valence-corrected chi connectivity index (χ0v) is 12.6. The average Bonchev–Trinajstić information content (AvgIpc) is 2.47. The van der Waals surface area contributed by atoms with Crippen LogP contribution >= 0.6 is 11.6 Å². The zero-order valence-electron chi connectivity index (χ0n) is 11.8. The molecule has 1 aromatic heterocycles. The summed E-state index contributed by atoms with van der Waals surface area (Å²) in [6.07, 6.45) is 3.16.